The van der Waals surface area contributed by atoms with Crippen LogP contribution < -0.4 is 5.32 Å². The molecule has 0 aromatic heterocycles. The Labute approximate surface area is 124 Å². The molecular formula is C17H17N3O. The predicted octanol–water partition coefficient (Wildman–Crippen LogP) is 2.89. The first-order valence-corrected chi connectivity index (χ1v) is 6.73. The van der Waals surface area contributed by atoms with Crippen LogP contribution in [-0.2, 0) is 6.54 Å². The van der Waals surface area contributed by atoms with E-state index in [0.29, 0.717) is 12.1 Å². The molecule has 1 amide bonds. The second-order valence-electron chi connectivity index (χ2n) is 4.60. The maximum absolute atomic E-state index is 12.7. The summed E-state index contributed by atoms with van der Waals surface area (Å²) in [6.07, 6.45) is 0. The van der Waals surface area contributed by atoms with Crippen LogP contribution in [0.3, 0.4) is 0 Å². The van der Waals surface area contributed by atoms with E-state index in [1.807, 2.05) is 48.5 Å². The predicted molar refractivity (Wildman–Crippen MR) is 82.8 cm³/mol. The van der Waals surface area contributed by atoms with Crippen molar-refractivity contribution in [3.05, 3.63) is 65.7 Å². The third kappa shape index (κ3) is 3.61. The molecule has 106 valence electrons. The van der Waals surface area contributed by atoms with Crippen molar-refractivity contribution >= 4 is 11.6 Å². The topological polar surface area (TPSA) is 56.1 Å². The van der Waals surface area contributed by atoms with Crippen molar-refractivity contribution in [3.63, 3.8) is 0 Å². The van der Waals surface area contributed by atoms with E-state index < -0.39 is 0 Å². The van der Waals surface area contributed by atoms with Crippen LogP contribution in [0.15, 0.2) is 54.6 Å². The number of anilines is 1. The number of nitrogens with one attached hydrogen (secondary N) is 1. The molecule has 0 fully saturated rings. The molecule has 0 aliphatic carbocycles. The number of carbonyl (C=O) groups is 1. The lowest BCUT2D eigenvalue weighted by molar-refractivity contribution is 0.0766. The molecule has 0 bridgehead atoms. The highest BCUT2D eigenvalue weighted by Crippen LogP contribution is 2.18. The number of para-hydroxylation sites is 1. The summed E-state index contributed by atoms with van der Waals surface area (Å²) in [5.41, 5.74) is 2.34. The molecule has 21 heavy (non-hydrogen) atoms. The average molecular weight is 279 g/mol. The van der Waals surface area contributed by atoms with Crippen LogP contribution in [0.5, 0.6) is 0 Å². The van der Waals surface area contributed by atoms with Gasteiger partial charge in [0.05, 0.1) is 11.6 Å². The summed E-state index contributed by atoms with van der Waals surface area (Å²) in [7, 11) is 1.78. The van der Waals surface area contributed by atoms with Gasteiger partial charge in [-0.25, -0.2) is 0 Å². The van der Waals surface area contributed by atoms with Crippen molar-refractivity contribution in [2.24, 2.45) is 0 Å². The van der Waals surface area contributed by atoms with E-state index in [0.717, 1.165) is 11.3 Å². The lowest BCUT2D eigenvalue weighted by Crippen LogP contribution is -2.31. The normalized spacial score (nSPS) is 9.71. The largest absolute Gasteiger partial charge is 0.387 e. The molecule has 2 aromatic carbocycles. The highest BCUT2D eigenvalue weighted by molar-refractivity contribution is 5.99. The van der Waals surface area contributed by atoms with Gasteiger partial charge < -0.3 is 10.2 Å². The number of carbonyl (C=O) groups excluding carboxylic acids is 1. The fourth-order valence-corrected chi connectivity index (χ4v) is 2.15. The molecule has 0 saturated heterocycles. The lowest BCUT2D eigenvalue weighted by Gasteiger charge is -2.21. The molecule has 4 nitrogen and oxygen atoms in total. The molecular weight excluding hydrogens is 262 g/mol. The standard InChI is InChI=1S/C17H17N3O/c1-19-16-10-6-5-9-15(16)17(21)20(12-11-18)13-14-7-3-2-4-8-14/h2-10,19H,12-13H2,1H3. The number of hydrogen-bond acceptors (Lipinski definition) is 3. The number of nitrogens with zero attached hydrogens (tertiary/aromatic N) is 2. The second kappa shape index (κ2) is 7.11. The van der Waals surface area contributed by atoms with Gasteiger partial charge in [-0.3, -0.25) is 4.79 Å². The van der Waals surface area contributed by atoms with Crippen LogP contribution in [0, 0.1) is 11.3 Å². The van der Waals surface area contributed by atoms with E-state index in [1.165, 1.54) is 0 Å². The Bertz CT molecular complexity index is 647. The Hall–Kier alpha value is -2.80. The van der Waals surface area contributed by atoms with Crippen LogP contribution in [0.4, 0.5) is 5.69 Å². The van der Waals surface area contributed by atoms with Gasteiger partial charge in [-0.05, 0) is 17.7 Å². The minimum atomic E-state index is -0.148. The van der Waals surface area contributed by atoms with Crippen molar-refractivity contribution in [2.75, 3.05) is 18.9 Å². The molecule has 0 saturated carbocycles. The SMILES string of the molecule is CNc1ccccc1C(=O)N(CC#N)Cc1ccccc1. The van der Waals surface area contributed by atoms with Crippen LogP contribution in [0.25, 0.3) is 0 Å². The first-order chi connectivity index (χ1) is 10.3. The fourth-order valence-electron chi connectivity index (χ4n) is 2.15. The number of amides is 1. The molecule has 4 heteroatoms. The highest BCUT2D eigenvalue weighted by atomic mass is 16.2. The summed E-state index contributed by atoms with van der Waals surface area (Å²) in [6.45, 7) is 0.483. The van der Waals surface area contributed by atoms with Crippen LogP contribution in [0.1, 0.15) is 15.9 Å². The monoisotopic (exact) mass is 279 g/mol. The van der Waals surface area contributed by atoms with Gasteiger partial charge in [0.2, 0.25) is 0 Å². The van der Waals surface area contributed by atoms with Crippen molar-refractivity contribution < 1.29 is 4.79 Å². The molecule has 0 aliphatic heterocycles. The van der Waals surface area contributed by atoms with Gasteiger partial charge >= 0.3 is 0 Å². The summed E-state index contributed by atoms with van der Waals surface area (Å²) in [4.78, 5) is 14.2. The molecule has 2 aromatic rings. The quantitative estimate of drug-likeness (QED) is 0.856. The van der Waals surface area contributed by atoms with Gasteiger partial charge in [0.1, 0.15) is 6.54 Å². The van der Waals surface area contributed by atoms with Gasteiger partial charge in [0.25, 0.3) is 5.91 Å². The first-order valence-electron chi connectivity index (χ1n) is 6.73. The molecule has 2 rings (SSSR count). The van der Waals surface area contributed by atoms with Crippen LogP contribution >= 0.6 is 0 Å². The van der Waals surface area contributed by atoms with Crippen LogP contribution in [0.2, 0.25) is 0 Å². The van der Waals surface area contributed by atoms with Gasteiger partial charge in [-0.2, -0.15) is 5.26 Å². The Balaban J connectivity index is 2.25. The Morgan fingerprint density at radius 3 is 2.48 bits per heavy atom. The maximum atomic E-state index is 12.7. The second-order valence-corrected chi connectivity index (χ2v) is 4.60. The first kappa shape index (κ1) is 14.6. The highest BCUT2D eigenvalue weighted by Gasteiger charge is 2.18. The smallest absolute Gasteiger partial charge is 0.257 e. The van der Waals surface area contributed by atoms with Crippen LogP contribution in [-0.4, -0.2) is 24.4 Å². The summed E-state index contributed by atoms with van der Waals surface area (Å²) in [6, 6.07) is 19.0. The molecule has 0 unspecified atom stereocenters. The molecule has 0 atom stereocenters. The van der Waals surface area contributed by atoms with Crippen molar-refractivity contribution in [2.45, 2.75) is 6.54 Å². The van der Waals surface area contributed by atoms with E-state index >= 15 is 0 Å². The zero-order valence-corrected chi connectivity index (χ0v) is 11.9. The lowest BCUT2D eigenvalue weighted by atomic mass is 10.1. The summed E-state index contributed by atoms with van der Waals surface area (Å²) in [5, 5.41) is 12.0. The van der Waals surface area contributed by atoms with Crippen molar-refractivity contribution in [3.8, 4) is 6.07 Å². The van der Waals surface area contributed by atoms with Crippen molar-refractivity contribution in [1.82, 2.24) is 4.90 Å². The van der Waals surface area contributed by atoms with Gasteiger partial charge in [0, 0.05) is 19.3 Å². The third-order valence-electron chi connectivity index (χ3n) is 3.19. The maximum Gasteiger partial charge on any atom is 0.257 e. The summed E-state index contributed by atoms with van der Waals surface area (Å²) >= 11 is 0. The fraction of sp³-hybridized carbons (Fsp3) is 0.176. The Morgan fingerprint density at radius 1 is 1.14 bits per heavy atom. The van der Waals surface area contributed by atoms with E-state index in [1.54, 1.807) is 18.0 Å². The Morgan fingerprint density at radius 2 is 1.81 bits per heavy atom. The van der Waals surface area contributed by atoms with E-state index in [9.17, 15) is 4.79 Å². The molecule has 0 spiro atoms. The minimum Gasteiger partial charge on any atom is -0.387 e. The van der Waals surface area contributed by atoms with Gasteiger partial charge in [-0.15, -0.1) is 0 Å². The molecule has 0 radical (unpaired) electrons. The van der Waals surface area contributed by atoms with Gasteiger partial charge in [0.15, 0.2) is 0 Å². The number of rotatable bonds is 5. The van der Waals surface area contributed by atoms with Crippen molar-refractivity contribution in [1.29, 1.82) is 5.26 Å². The number of benzene rings is 2. The molecule has 1 N–H and O–H groups in total. The zero-order chi connectivity index (χ0) is 15.1. The zero-order valence-electron chi connectivity index (χ0n) is 11.9. The van der Waals surface area contributed by atoms with E-state index in [2.05, 4.69) is 11.4 Å². The van der Waals surface area contributed by atoms with E-state index in [4.69, 9.17) is 5.26 Å². The molecule has 0 heterocycles. The molecule has 0 aliphatic rings. The van der Waals surface area contributed by atoms with E-state index in [-0.39, 0.29) is 12.5 Å². The number of hydrogen-bond donors (Lipinski definition) is 1. The average Bonchev–Trinajstić information content (AvgIpc) is 2.54. The summed E-state index contributed by atoms with van der Waals surface area (Å²) in [5.74, 6) is -0.148. The minimum absolute atomic E-state index is 0.0613. The third-order valence-corrected chi connectivity index (χ3v) is 3.19. The summed E-state index contributed by atoms with van der Waals surface area (Å²) < 4.78 is 0. The number of nitriles is 1. The van der Waals surface area contributed by atoms with Gasteiger partial charge in [-0.1, -0.05) is 42.5 Å². The Kier molecular flexibility index (Phi) is 4.94.